The van der Waals surface area contributed by atoms with Crippen LogP contribution in [0.25, 0.3) is 5.53 Å². The fraction of sp³-hybridized carbons (Fsp3) is 0.176. The van der Waals surface area contributed by atoms with Crippen molar-refractivity contribution in [1.82, 2.24) is 0 Å². The molecule has 0 aliphatic carbocycles. The molecule has 0 atom stereocenters. The largest absolute Gasteiger partial charge is 0.361 e. The molecule has 2 rings (SSSR count). The fourth-order valence-electron chi connectivity index (χ4n) is 2.18. The molecule has 0 aliphatic rings. The molecule has 0 spiro atoms. The Morgan fingerprint density at radius 1 is 1.08 bits per heavy atom. The summed E-state index contributed by atoms with van der Waals surface area (Å²) >= 11 is 0. The number of carbonyl (C=O) groups is 1. The van der Waals surface area contributed by atoms with Crippen molar-refractivity contribution >= 4 is 27.2 Å². The standard InChI is InChI=1S/C17H17N3O3S/c1-12-8-10-14(11-9-12)24(22,23)20(3)16-7-5-4-6-15(16)17(21)13(2)19-18/h4-11H,1-3H3. The van der Waals surface area contributed by atoms with Crippen LogP contribution < -0.4 is 4.31 Å². The summed E-state index contributed by atoms with van der Waals surface area (Å²) in [7, 11) is -2.44. The molecule has 0 radical (unpaired) electrons. The number of Topliss-reactive ketones (excluding diaryl/α,β-unsaturated/α-hetero) is 1. The lowest BCUT2D eigenvalue weighted by Crippen LogP contribution is -2.29. The summed E-state index contributed by atoms with van der Waals surface area (Å²) in [5.74, 6) is -0.543. The first kappa shape index (κ1) is 17.6. The molecule has 2 aromatic rings. The summed E-state index contributed by atoms with van der Waals surface area (Å²) < 4.78 is 26.6. The minimum absolute atomic E-state index is 0.122. The number of para-hydroxylation sites is 1. The minimum Gasteiger partial charge on any atom is -0.361 e. The van der Waals surface area contributed by atoms with Gasteiger partial charge in [-0.3, -0.25) is 9.10 Å². The van der Waals surface area contributed by atoms with Crippen LogP contribution in [0, 0.1) is 6.92 Å². The van der Waals surface area contributed by atoms with E-state index in [0.717, 1.165) is 9.87 Å². The zero-order valence-electron chi connectivity index (χ0n) is 13.6. The highest BCUT2D eigenvalue weighted by atomic mass is 32.2. The molecule has 124 valence electrons. The van der Waals surface area contributed by atoms with Crippen molar-refractivity contribution in [1.29, 1.82) is 0 Å². The molecule has 0 saturated carbocycles. The van der Waals surface area contributed by atoms with Crippen molar-refractivity contribution in [3.8, 4) is 0 Å². The van der Waals surface area contributed by atoms with Gasteiger partial charge in [-0.1, -0.05) is 29.8 Å². The number of benzene rings is 2. The van der Waals surface area contributed by atoms with E-state index in [2.05, 4.69) is 4.79 Å². The van der Waals surface area contributed by atoms with E-state index in [4.69, 9.17) is 5.53 Å². The number of aryl methyl sites for hydroxylation is 1. The molecular weight excluding hydrogens is 326 g/mol. The van der Waals surface area contributed by atoms with Crippen LogP contribution in [0.5, 0.6) is 0 Å². The van der Waals surface area contributed by atoms with E-state index in [0.29, 0.717) is 0 Å². The Morgan fingerprint density at radius 2 is 1.67 bits per heavy atom. The van der Waals surface area contributed by atoms with Crippen LogP contribution in [0.4, 0.5) is 5.69 Å². The normalized spacial score (nSPS) is 10.8. The van der Waals surface area contributed by atoms with E-state index in [1.165, 1.54) is 38.2 Å². The molecule has 0 N–H and O–H groups in total. The lowest BCUT2D eigenvalue weighted by Gasteiger charge is -2.21. The van der Waals surface area contributed by atoms with Crippen LogP contribution in [0.1, 0.15) is 22.8 Å². The Bertz CT molecular complexity index is 928. The number of hydrogen-bond donors (Lipinski definition) is 0. The monoisotopic (exact) mass is 343 g/mol. The molecule has 2 aromatic carbocycles. The third-order valence-corrected chi connectivity index (χ3v) is 5.43. The van der Waals surface area contributed by atoms with E-state index >= 15 is 0 Å². The number of anilines is 1. The molecule has 0 aliphatic heterocycles. The first-order valence-corrected chi connectivity index (χ1v) is 8.61. The fourth-order valence-corrected chi connectivity index (χ4v) is 3.39. The van der Waals surface area contributed by atoms with Crippen LogP contribution in [-0.2, 0) is 10.0 Å². The summed E-state index contributed by atoms with van der Waals surface area (Å²) in [5.41, 5.74) is 9.98. The van der Waals surface area contributed by atoms with Gasteiger partial charge in [-0.25, -0.2) is 8.42 Å². The van der Waals surface area contributed by atoms with Crippen molar-refractivity contribution in [2.75, 3.05) is 11.4 Å². The Morgan fingerprint density at radius 3 is 2.25 bits per heavy atom. The summed E-state index contributed by atoms with van der Waals surface area (Å²) in [6.07, 6.45) is 0. The van der Waals surface area contributed by atoms with Gasteiger partial charge in [0.2, 0.25) is 0 Å². The van der Waals surface area contributed by atoms with E-state index in [-0.39, 0.29) is 21.9 Å². The molecule has 0 unspecified atom stereocenters. The van der Waals surface area contributed by atoms with Crippen molar-refractivity contribution in [3.63, 3.8) is 0 Å². The predicted octanol–water partition coefficient (Wildman–Crippen LogP) is 2.69. The van der Waals surface area contributed by atoms with Gasteiger partial charge in [0, 0.05) is 14.0 Å². The average Bonchev–Trinajstić information content (AvgIpc) is 2.60. The highest BCUT2D eigenvalue weighted by molar-refractivity contribution is 7.92. The second-order valence-corrected chi connectivity index (χ2v) is 7.29. The number of hydrogen-bond acceptors (Lipinski definition) is 3. The van der Waals surface area contributed by atoms with Crippen LogP contribution >= 0.6 is 0 Å². The Kier molecular flexibility index (Phi) is 4.97. The van der Waals surface area contributed by atoms with Crippen LogP contribution in [0.15, 0.2) is 53.4 Å². The van der Waals surface area contributed by atoms with E-state index in [1.54, 1.807) is 24.3 Å². The van der Waals surface area contributed by atoms with Gasteiger partial charge in [0.1, 0.15) is 0 Å². The van der Waals surface area contributed by atoms with Gasteiger partial charge in [0.25, 0.3) is 15.8 Å². The van der Waals surface area contributed by atoms with Gasteiger partial charge in [0.15, 0.2) is 0 Å². The van der Waals surface area contributed by atoms with Crippen molar-refractivity contribution in [3.05, 3.63) is 65.2 Å². The SMILES string of the molecule is CC(=[N+]=[N-])C(=O)c1ccccc1N(C)S(=O)(=O)c1ccc(C)cc1. The van der Waals surface area contributed by atoms with Crippen molar-refractivity contribution in [2.24, 2.45) is 0 Å². The summed E-state index contributed by atoms with van der Waals surface area (Å²) in [6, 6.07) is 12.7. The van der Waals surface area contributed by atoms with Gasteiger partial charge >= 0.3 is 5.71 Å². The average molecular weight is 343 g/mol. The number of carbonyl (C=O) groups excluding carboxylic acids is 1. The number of rotatable bonds is 5. The lowest BCUT2D eigenvalue weighted by atomic mass is 10.1. The lowest BCUT2D eigenvalue weighted by molar-refractivity contribution is -0.00677. The maximum atomic E-state index is 12.8. The molecule has 0 saturated heterocycles. The first-order chi connectivity index (χ1) is 11.3. The molecule has 24 heavy (non-hydrogen) atoms. The Labute approximate surface area is 141 Å². The number of nitrogens with zero attached hydrogens (tertiary/aromatic N) is 3. The number of sulfonamides is 1. The quantitative estimate of drug-likeness (QED) is 0.362. The van der Waals surface area contributed by atoms with Crippen molar-refractivity contribution in [2.45, 2.75) is 18.7 Å². The maximum absolute atomic E-state index is 12.8. The number of ketones is 1. The summed E-state index contributed by atoms with van der Waals surface area (Å²) in [6.45, 7) is 3.22. The van der Waals surface area contributed by atoms with Crippen molar-refractivity contribution < 1.29 is 18.0 Å². The van der Waals surface area contributed by atoms with Gasteiger partial charge in [-0.05, 0) is 31.2 Å². The zero-order chi connectivity index (χ0) is 17.9. The molecule has 0 bridgehead atoms. The first-order valence-electron chi connectivity index (χ1n) is 7.17. The zero-order valence-corrected chi connectivity index (χ0v) is 14.4. The van der Waals surface area contributed by atoms with Gasteiger partial charge in [0.05, 0.1) is 16.1 Å². The van der Waals surface area contributed by atoms with Gasteiger partial charge in [-0.2, -0.15) is 4.79 Å². The van der Waals surface area contributed by atoms with E-state index < -0.39 is 15.8 Å². The Balaban J connectivity index is 2.54. The van der Waals surface area contributed by atoms with Crippen LogP contribution in [-0.4, -0.2) is 31.8 Å². The third kappa shape index (κ3) is 3.27. The highest BCUT2D eigenvalue weighted by Crippen LogP contribution is 2.26. The molecule has 0 amide bonds. The summed E-state index contributed by atoms with van der Waals surface area (Å²) in [5, 5.41) is 0. The molecule has 0 aromatic heterocycles. The smallest absolute Gasteiger partial charge is 0.336 e. The van der Waals surface area contributed by atoms with Crippen LogP contribution in [0.3, 0.4) is 0 Å². The van der Waals surface area contributed by atoms with Crippen LogP contribution in [0.2, 0.25) is 0 Å². The molecule has 6 nitrogen and oxygen atoms in total. The topological polar surface area (TPSA) is 90.8 Å². The molecule has 0 heterocycles. The second-order valence-electron chi connectivity index (χ2n) is 5.32. The van der Waals surface area contributed by atoms with Gasteiger partial charge in [-0.15, -0.1) is 0 Å². The summed E-state index contributed by atoms with van der Waals surface area (Å²) in [4.78, 5) is 15.3. The maximum Gasteiger partial charge on any atom is 0.336 e. The Hall–Kier alpha value is -2.76. The predicted molar refractivity (Wildman–Crippen MR) is 91.8 cm³/mol. The highest BCUT2D eigenvalue weighted by Gasteiger charge is 2.27. The third-order valence-electron chi connectivity index (χ3n) is 3.65. The second kappa shape index (κ2) is 6.78. The molecule has 0 fully saturated rings. The molecule has 7 heteroatoms. The molecular formula is C17H17N3O3S. The minimum atomic E-state index is -3.82. The van der Waals surface area contributed by atoms with E-state index in [9.17, 15) is 13.2 Å². The van der Waals surface area contributed by atoms with E-state index in [1.807, 2.05) is 6.92 Å². The van der Waals surface area contributed by atoms with Gasteiger partial charge < -0.3 is 5.53 Å².